The van der Waals surface area contributed by atoms with Gasteiger partial charge in [0.25, 0.3) is 0 Å². The molecule has 0 bridgehead atoms. The maximum atomic E-state index is 12.2. The lowest BCUT2D eigenvalue weighted by Gasteiger charge is -2.29. The zero-order valence-electron chi connectivity index (χ0n) is 11.0. The lowest BCUT2D eigenvalue weighted by Crippen LogP contribution is -2.31. The average molecular weight is 258 g/mol. The van der Waals surface area contributed by atoms with Crippen LogP contribution in [0.2, 0.25) is 0 Å². The van der Waals surface area contributed by atoms with E-state index in [2.05, 4.69) is 6.58 Å². The topological polar surface area (TPSA) is 46.5 Å². The molecule has 0 aliphatic heterocycles. The molecule has 1 aliphatic rings. The van der Waals surface area contributed by atoms with Crippen LogP contribution in [0.3, 0.4) is 0 Å². The summed E-state index contributed by atoms with van der Waals surface area (Å²) in [6, 6.07) is 9.76. The highest BCUT2D eigenvalue weighted by atomic mass is 16.5. The van der Waals surface area contributed by atoms with Crippen LogP contribution >= 0.6 is 0 Å². The number of ether oxygens (including phenoxy) is 1. The first-order valence-electron chi connectivity index (χ1n) is 6.32. The molecule has 0 unspecified atom stereocenters. The monoisotopic (exact) mass is 258 g/mol. The van der Waals surface area contributed by atoms with Crippen molar-refractivity contribution in [3.8, 4) is 0 Å². The predicted octanol–water partition coefficient (Wildman–Crippen LogP) is 2.44. The minimum atomic E-state index is -0.723. The first-order chi connectivity index (χ1) is 9.17. The number of carbonyl (C=O) groups excluding carboxylic acids is 1. The van der Waals surface area contributed by atoms with E-state index in [1.807, 2.05) is 30.3 Å². The second kappa shape index (κ2) is 5.85. The Kier molecular flexibility index (Phi) is 4.17. The van der Waals surface area contributed by atoms with Gasteiger partial charge in [0.2, 0.25) is 0 Å². The lowest BCUT2D eigenvalue weighted by molar-refractivity contribution is -0.121. The number of aliphatic hydroxyl groups is 1. The first kappa shape index (κ1) is 13.6. The molecule has 1 aromatic carbocycles. The van der Waals surface area contributed by atoms with Gasteiger partial charge in [0.15, 0.2) is 5.78 Å². The predicted molar refractivity (Wildman–Crippen MR) is 73.6 cm³/mol. The van der Waals surface area contributed by atoms with Crippen LogP contribution in [-0.4, -0.2) is 24.1 Å². The quantitative estimate of drug-likeness (QED) is 0.844. The molecule has 0 radical (unpaired) electrons. The van der Waals surface area contributed by atoms with E-state index >= 15 is 0 Å². The molecule has 0 spiro atoms. The van der Waals surface area contributed by atoms with Gasteiger partial charge in [-0.3, -0.25) is 4.79 Å². The van der Waals surface area contributed by atoms with Gasteiger partial charge in [-0.05, 0) is 12.0 Å². The Morgan fingerprint density at radius 1 is 1.42 bits per heavy atom. The second-order valence-corrected chi connectivity index (χ2v) is 4.68. The fourth-order valence-electron chi connectivity index (χ4n) is 2.54. The smallest absolute Gasteiger partial charge is 0.163 e. The van der Waals surface area contributed by atoms with Gasteiger partial charge in [-0.15, -0.1) is 6.58 Å². The largest absolute Gasteiger partial charge is 0.498 e. The van der Waals surface area contributed by atoms with E-state index in [1.165, 1.54) is 13.2 Å². The Morgan fingerprint density at radius 3 is 2.68 bits per heavy atom. The summed E-state index contributed by atoms with van der Waals surface area (Å²) in [6.45, 7) is 3.83. The molecule has 0 saturated heterocycles. The molecule has 0 saturated carbocycles. The average Bonchev–Trinajstić information content (AvgIpc) is 2.44. The van der Waals surface area contributed by atoms with Crippen LogP contribution in [0.25, 0.3) is 0 Å². The third kappa shape index (κ3) is 2.76. The van der Waals surface area contributed by atoms with E-state index in [1.54, 1.807) is 6.08 Å². The van der Waals surface area contributed by atoms with Crippen LogP contribution < -0.4 is 0 Å². The number of methoxy groups -OCH3 is 1. The summed E-state index contributed by atoms with van der Waals surface area (Å²) in [6.07, 6.45) is 2.82. The van der Waals surface area contributed by atoms with Gasteiger partial charge in [-0.2, -0.15) is 0 Å². The molecule has 3 heteroatoms. The number of hydrogen-bond donors (Lipinski definition) is 1. The highest BCUT2D eigenvalue weighted by Crippen LogP contribution is 2.34. The van der Waals surface area contributed by atoms with Gasteiger partial charge < -0.3 is 9.84 Å². The Balaban J connectivity index is 2.28. The normalized spacial score (nSPS) is 24.5. The maximum absolute atomic E-state index is 12.2. The summed E-state index contributed by atoms with van der Waals surface area (Å²) >= 11 is 0. The molecule has 19 heavy (non-hydrogen) atoms. The van der Waals surface area contributed by atoms with Crippen molar-refractivity contribution < 1.29 is 14.6 Å². The standard InChI is InChI=1S/C16H18O3/c1-3-12(11-7-5-4-6-8-11)13-9-15(18)16(19-2)10-14(13)17/h3-8,10,12-13,15,18H,1,9H2,2H3/t12-,13+,15+/m1/s1. The third-order valence-corrected chi connectivity index (χ3v) is 3.56. The maximum Gasteiger partial charge on any atom is 0.163 e. The van der Waals surface area contributed by atoms with E-state index < -0.39 is 6.10 Å². The van der Waals surface area contributed by atoms with E-state index in [9.17, 15) is 9.90 Å². The molecule has 3 nitrogen and oxygen atoms in total. The summed E-state index contributed by atoms with van der Waals surface area (Å²) in [5, 5.41) is 9.97. The Hall–Kier alpha value is -1.87. The molecular formula is C16H18O3. The van der Waals surface area contributed by atoms with Gasteiger partial charge in [-0.25, -0.2) is 0 Å². The Bertz CT molecular complexity index is 490. The molecule has 100 valence electrons. The number of ketones is 1. The minimum Gasteiger partial charge on any atom is -0.498 e. The number of allylic oxidation sites excluding steroid dienone is 2. The van der Waals surface area contributed by atoms with Crippen molar-refractivity contribution in [3.05, 3.63) is 60.4 Å². The highest BCUT2D eigenvalue weighted by molar-refractivity contribution is 5.94. The lowest BCUT2D eigenvalue weighted by atomic mass is 9.77. The molecule has 3 atom stereocenters. The van der Waals surface area contributed by atoms with Crippen molar-refractivity contribution in [1.82, 2.24) is 0 Å². The number of rotatable bonds is 4. The van der Waals surface area contributed by atoms with Crippen molar-refractivity contribution in [2.24, 2.45) is 5.92 Å². The van der Waals surface area contributed by atoms with Gasteiger partial charge in [0, 0.05) is 17.9 Å². The van der Waals surface area contributed by atoms with Crippen LogP contribution in [-0.2, 0) is 9.53 Å². The fraction of sp³-hybridized carbons (Fsp3) is 0.312. The Labute approximate surface area is 113 Å². The zero-order chi connectivity index (χ0) is 13.8. The van der Waals surface area contributed by atoms with Gasteiger partial charge in [0.1, 0.15) is 11.9 Å². The third-order valence-electron chi connectivity index (χ3n) is 3.56. The summed E-state index contributed by atoms with van der Waals surface area (Å²) in [7, 11) is 1.46. The van der Waals surface area contributed by atoms with Crippen molar-refractivity contribution in [1.29, 1.82) is 0 Å². The second-order valence-electron chi connectivity index (χ2n) is 4.68. The van der Waals surface area contributed by atoms with Crippen molar-refractivity contribution >= 4 is 5.78 Å². The van der Waals surface area contributed by atoms with Crippen LogP contribution in [0.1, 0.15) is 17.9 Å². The molecule has 0 amide bonds. The highest BCUT2D eigenvalue weighted by Gasteiger charge is 2.34. The molecule has 1 N–H and O–H groups in total. The molecule has 0 fully saturated rings. The SMILES string of the molecule is C=C[C@H](c1ccccc1)[C@@H]1C[C@H](O)C(OC)=CC1=O. The van der Waals surface area contributed by atoms with E-state index in [4.69, 9.17) is 4.74 Å². The number of aliphatic hydroxyl groups excluding tert-OH is 1. The zero-order valence-corrected chi connectivity index (χ0v) is 11.0. The fourth-order valence-corrected chi connectivity index (χ4v) is 2.54. The summed E-state index contributed by atoms with van der Waals surface area (Å²) in [5.74, 6) is -0.0418. The van der Waals surface area contributed by atoms with Crippen LogP contribution in [0.4, 0.5) is 0 Å². The Morgan fingerprint density at radius 2 is 2.11 bits per heavy atom. The van der Waals surface area contributed by atoms with Crippen molar-refractivity contribution in [3.63, 3.8) is 0 Å². The first-order valence-corrected chi connectivity index (χ1v) is 6.32. The van der Waals surface area contributed by atoms with Crippen molar-refractivity contribution in [2.45, 2.75) is 18.4 Å². The van der Waals surface area contributed by atoms with Crippen LogP contribution in [0, 0.1) is 5.92 Å². The molecule has 1 aromatic rings. The summed E-state index contributed by atoms with van der Waals surface area (Å²) in [5.41, 5.74) is 1.04. The van der Waals surface area contributed by atoms with Gasteiger partial charge in [-0.1, -0.05) is 36.4 Å². The minimum absolute atomic E-state index is 0.0177. The molecular weight excluding hydrogens is 240 g/mol. The molecule has 0 heterocycles. The summed E-state index contributed by atoms with van der Waals surface area (Å²) in [4.78, 5) is 12.2. The van der Waals surface area contributed by atoms with E-state index in [-0.39, 0.29) is 17.6 Å². The number of hydrogen-bond acceptors (Lipinski definition) is 3. The number of benzene rings is 1. The van der Waals surface area contributed by atoms with Gasteiger partial charge in [0.05, 0.1) is 7.11 Å². The summed E-state index contributed by atoms with van der Waals surface area (Å²) < 4.78 is 5.01. The van der Waals surface area contributed by atoms with Gasteiger partial charge >= 0.3 is 0 Å². The molecule has 0 aromatic heterocycles. The van der Waals surface area contributed by atoms with Crippen LogP contribution in [0.15, 0.2) is 54.8 Å². The molecule has 2 rings (SSSR count). The van der Waals surface area contributed by atoms with Crippen LogP contribution in [0.5, 0.6) is 0 Å². The van der Waals surface area contributed by atoms with Crippen molar-refractivity contribution in [2.75, 3.05) is 7.11 Å². The molecule has 1 aliphatic carbocycles. The van der Waals surface area contributed by atoms with E-state index in [0.29, 0.717) is 12.2 Å². The number of carbonyl (C=O) groups is 1. The van der Waals surface area contributed by atoms with E-state index in [0.717, 1.165) is 5.56 Å².